The van der Waals surface area contributed by atoms with Gasteiger partial charge in [0.15, 0.2) is 0 Å². The Kier molecular flexibility index (Phi) is 3.56. The average molecular weight is 174 g/mol. The normalized spacial score (nSPS) is 11.4. The molecular formula is C6H10N2O2S. The van der Waals surface area contributed by atoms with Crippen LogP contribution in [0.3, 0.4) is 0 Å². The van der Waals surface area contributed by atoms with E-state index in [1.807, 2.05) is 4.72 Å². The molecule has 0 fully saturated rings. The van der Waals surface area contributed by atoms with Crippen LogP contribution < -0.4 is 9.86 Å². The molecule has 0 saturated heterocycles. The Morgan fingerprint density at radius 3 is 2.45 bits per heavy atom. The van der Waals surface area contributed by atoms with Gasteiger partial charge < -0.3 is 0 Å². The average Bonchev–Trinajstić information content (AvgIpc) is 1.79. The Hall–Kier alpha value is -1.07. The second-order valence-electron chi connectivity index (χ2n) is 1.77. The van der Waals surface area contributed by atoms with Crippen molar-refractivity contribution in [3.05, 3.63) is 37.1 Å². The number of nitrogens with one attached hydrogen (secondary N) is 1. The van der Waals surface area contributed by atoms with Crippen molar-refractivity contribution in [1.82, 2.24) is 4.72 Å². The van der Waals surface area contributed by atoms with Gasteiger partial charge in [-0.3, -0.25) is 4.72 Å². The second-order valence-corrected chi connectivity index (χ2v) is 3.06. The van der Waals surface area contributed by atoms with Crippen molar-refractivity contribution in [1.29, 1.82) is 0 Å². The molecule has 0 amide bonds. The molecule has 0 spiro atoms. The van der Waals surface area contributed by atoms with Crippen molar-refractivity contribution >= 4 is 10.2 Å². The maximum absolute atomic E-state index is 10.4. The molecule has 0 saturated carbocycles. The van der Waals surface area contributed by atoms with Crippen molar-refractivity contribution in [2.45, 2.75) is 0 Å². The number of hydrogen-bond acceptors (Lipinski definition) is 2. The molecule has 0 bridgehead atoms. The van der Waals surface area contributed by atoms with E-state index < -0.39 is 10.2 Å². The van der Waals surface area contributed by atoms with Crippen molar-refractivity contribution in [2.24, 2.45) is 5.14 Å². The van der Waals surface area contributed by atoms with Crippen LogP contribution in [-0.2, 0) is 10.2 Å². The van der Waals surface area contributed by atoms with Gasteiger partial charge >= 0.3 is 0 Å². The van der Waals surface area contributed by atoms with Crippen LogP contribution >= 0.6 is 0 Å². The van der Waals surface area contributed by atoms with Gasteiger partial charge in [-0.15, -0.1) is 0 Å². The van der Waals surface area contributed by atoms with E-state index in [0.29, 0.717) is 0 Å². The lowest BCUT2D eigenvalue weighted by molar-refractivity contribution is 0.591. The van der Waals surface area contributed by atoms with Gasteiger partial charge in [0.1, 0.15) is 0 Å². The highest BCUT2D eigenvalue weighted by atomic mass is 32.2. The fourth-order valence-corrected chi connectivity index (χ4v) is 0.834. The van der Waals surface area contributed by atoms with Crippen molar-refractivity contribution in [3.63, 3.8) is 0 Å². The maximum atomic E-state index is 10.4. The van der Waals surface area contributed by atoms with Gasteiger partial charge in [0.2, 0.25) is 0 Å². The molecule has 62 valence electrons. The van der Waals surface area contributed by atoms with Gasteiger partial charge in [0.25, 0.3) is 10.2 Å². The summed E-state index contributed by atoms with van der Waals surface area (Å²) >= 11 is 0. The van der Waals surface area contributed by atoms with E-state index in [1.54, 1.807) is 6.08 Å². The minimum Gasteiger partial charge on any atom is -0.272 e. The first-order valence-corrected chi connectivity index (χ1v) is 4.29. The molecule has 5 heteroatoms. The molecule has 0 radical (unpaired) electrons. The third-order valence-electron chi connectivity index (χ3n) is 0.707. The van der Waals surface area contributed by atoms with Crippen molar-refractivity contribution < 1.29 is 8.42 Å². The zero-order valence-electron chi connectivity index (χ0n) is 5.95. The molecule has 11 heavy (non-hydrogen) atoms. The van der Waals surface area contributed by atoms with Gasteiger partial charge in [0.05, 0.1) is 0 Å². The molecule has 0 heterocycles. The smallest absolute Gasteiger partial charge is 0.272 e. The maximum Gasteiger partial charge on any atom is 0.296 e. The summed E-state index contributed by atoms with van der Waals surface area (Å²) in [5, 5.41) is 4.65. The van der Waals surface area contributed by atoms with Crippen LogP contribution in [0.25, 0.3) is 0 Å². The van der Waals surface area contributed by atoms with Crippen LogP contribution in [-0.4, -0.2) is 8.42 Å². The Bertz CT molecular complexity index is 277. The summed E-state index contributed by atoms with van der Waals surface area (Å²) in [5.74, 6) is 0. The van der Waals surface area contributed by atoms with Gasteiger partial charge in [0, 0.05) is 5.70 Å². The summed E-state index contributed by atoms with van der Waals surface area (Å²) in [4.78, 5) is 0. The van der Waals surface area contributed by atoms with Crippen LogP contribution in [0.1, 0.15) is 0 Å². The molecule has 0 aromatic rings. The lowest BCUT2D eigenvalue weighted by atomic mass is 10.4. The van der Waals surface area contributed by atoms with E-state index in [4.69, 9.17) is 0 Å². The fraction of sp³-hybridized carbons (Fsp3) is 0. The van der Waals surface area contributed by atoms with Gasteiger partial charge in [-0.2, -0.15) is 8.42 Å². The molecule has 0 aliphatic rings. The fourth-order valence-electron chi connectivity index (χ4n) is 0.401. The second kappa shape index (κ2) is 3.95. The molecular weight excluding hydrogens is 164 g/mol. The number of allylic oxidation sites excluding steroid dienone is 3. The summed E-state index contributed by atoms with van der Waals surface area (Å²) in [6.45, 7) is 6.77. The first-order chi connectivity index (χ1) is 4.95. The first kappa shape index (κ1) is 9.93. The van der Waals surface area contributed by atoms with Crippen LogP contribution in [0.2, 0.25) is 0 Å². The standard InChI is InChI=1S/C6H10N2O2S/c1-3-4-5-6(2)8-11(7,9)10/h3-5,8H,1-2H2,(H2,7,9,10)/b5-4-. The Balaban J connectivity index is 4.10. The summed E-state index contributed by atoms with van der Waals surface area (Å²) in [6.07, 6.45) is 4.48. The minimum atomic E-state index is -3.69. The Morgan fingerprint density at radius 1 is 1.55 bits per heavy atom. The zero-order chi connectivity index (χ0) is 8.91. The quantitative estimate of drug-likeness (QED) is 0.590. The molecule has 0 atom stereocenters. The SMILES string of the molecule is C=C/C=C\C(=C)NS(N)(=O)=O. The molecule has 0 aromatic heterocycles. The molecule has 0 aliphatic heterocycles. The Labute approximate surface area is 66.3 Å². The molecule has 0 aliphatic carbocycles. The van der Waals surface area contributed by atoms with E-state index in [9.17, 15) is 8.42 Å². The molecule has 4 nitrogen and oxygen atoms in total. The number of rotatable bonds is 4. The first-order valence-electron chi connectivity index (χ1n) is 2.74. The summed E-state index contributed by atoms with van der Waals surface area (Å²) < 4.78 is 22.7. The van der Waals surface area contributed by atoms with Gasteiger partial charge in [-0.05, 0) is 6.08 Å². The molecule has 3 N–H and O–H groups in total. The monoisotopic (exact) mass is 174 g/mol. The van der Waals surface area contributed by atoms with E-state index >= 15 is 0 Å². The van der Waals surface area contributed by atoms with Crippen LogP contribution in [0.15, 0.2) is 37.1 Å². The number of nitrogens with two attached hydrogens (primary N) is 1. The van der Waals surface area contributed by atoms with Crippen molar-refractivity contribution in [2.75, 3.05) is 0 Å². The van der Waals surface area contributed by atoms with Crippen molar-refractivity contribution in [3.8, 4) is 0 Å². The molecule has 0 rings (SSSR count). The number of hydrogen-bond donors (Lipinski definition) is 2. The molecule has 0 aromatic carbocycles. The third kappa shape index (κ3) is 6.82. The van der Waals surface area contributed by atoms with E-state index in [2.05, 4.69) is 18.3 Å². The predicted octanol–water partition coefficient (Wildman–Crippen LogP) is 0.0354. The van der Waals surface area contributed by atoms with Crippen LogP contribution in [0, 0.1) is 0 Å². The summed E-state index contributed by atoms with van der Waals surface area (Å²) in [5.41, 5.74) is 0.201. The van der Waals surface area contributed by atoms with Crippen LogP contribution in [0.5, 0.6) is 0 Å². The third-order valence-corrected chi connectivity index (χ3v) is 1.25. The van der Waals surface area contributed by atoms with E-state index in [-0.39, 0.29) is 5.70 Å². The largest absolute Gasteiger partial charge is 0.296 e. The highest BCUT2D eigenvalue weighted by molar-refractivity contribution is 7.87. The van der Waals surface area contributed by atoms with E-state index in [1.165, 1.54) is 12.2 Å². The highest BCUT2D eigenvalue weighted by Crippen LogP contribution is 1.88. The van der Waals surface area contributed by atoms with Crippen LogP contribution in [0.4, 0.5) is 0 Å². The molecule has 0 unspecified atom stereocenters. The van der Waals surface area contributed by atoms with Gasteiger partial charge in [-0.1, -0.05) is 25.3 Å². The lowest BCUT2D eigenvalue weighted by Gasteiger charge is -1.99. The summed E-state index contributed by atoms with van der Waals surface area (Å²) in [7, 11) is -3.69. The highest BCUT2D eigenvalue weighted by Gasteiger charge is 1.98. The predicted molar refractivity (Wildman–Crippen MR) is 44.7 cm³/mol. The zero-order valence-corrected chi connectivity index (χ0v) is 6.76. The van der Waals surface area contributed by atoms with E-state index in [0.717, 1.165) is 0 Å². The van der Waals surface area contributed by atoms with Gasteiger partial charge in [-0.25, -0.2) is 5.14 Å². The topological polar surface area (TPSA) is 72.2 Å². The Morgan fingerprint density at radius 2 is 2.09 bits per heavy atom. The lowest BCUT2D eigenvalue weighted by Crippen LogP contribution is -2.29. The summed E-state index contributed by atoms with van der Waals surface area (Å²) in [6, 6.07) is 0. The minimum absolute atomic E-state index is 0.201.